The van der Waals surface area contributed by atoms with Crippen molar-refractivity contribution in [2.24, 2.45) is 7.05 Å². The summed E-state index contributed by atoms with van der Waals surface area (Å²) in [5, 5.41) is 7.98. The zero-order valence-electron chi connectivity index (χ0n) is 14.2. The van der Waals surface area contributed by atoms with Crippen LogP contribution in [0.25, 0.3) is 0 Å². The van der Waals surface area contributed by atoms with Crippen LogP contribution in [0, 0.1) is 0 Å². The summed E-state index contributed by atoms with van der Waals surface area (Å²) in [5.41, 5.74) is 0.747. The van der Waals surface area contributed by atoms with Gasteiger partial charge in [0.15, 0.2) is 5.82 Å². The van der Waals surface area contributed by atoms with Crippen LogP contribution in [-0.4, -0.2) is 47.3 Å². The van der Waals surface area contributed by atoms with Gasteiger partial charge in [0.25, 0.3) is 0 Å². The van der Waals surface area contributed by atoms with Crippen molar-refractivity contribution in [1.29, 1.82) is 0 Å². The standard InChI is InChI=1S/C17H21N5O3/c1-18-7-4-8-20-16(24)17(25)21-13-6-3-5-12(11-13)14(23)15-19-9-10-22(15)2/h3,5-6,9-11,18H,4,7-8H2,1-2H3,(H,20,24)(H,21,25). The average Bonchev–Trinajstić information content (AvgIpc) is 3.04. The summed E-state index contributed by atoms with van der Waals surface area (Å²) in [4.78, 5) is 40.1. The van der Waals surface area contributed by atoms with E-state index in [1.165, 1.54) is 12.3 Å². The molecule has 1 aromatic heterocycles. The fourth-order valence-corrected chi connectivity index (χ4v) is 2.19. The molecule has 132 valence electrons. The lowest BCUT2D eigenvalue weighted by atomic mass is 10.1. The van der Waals surface area contributed by atoms with E-state index in [4.69, 9.17) is 0 Å². The SMILES string of the molecule is CNCCCNC(=O)C(=O)Nc1cccc(C(=O)c2nccn2C)c1. The van der Waals surface area contributed by atoms with Crippen molar-refractivity contribution in [3.8, 4) is 0 Å². The van der Waals surface area contributed by atoms with E-state index in [1.54, 1.807) is 36.0 Å². The number of nitrogens with zero attached hydrogens (tertiary/aromatic N) is 2. The maximum Gasteiger partial charge on any atom is 0.313 e. The predicted molar refractivity (Wildman–Crippen MR) is 93.3 cm³/mol. The molecule has 1 aromatic carbocycles. The largest absolute Gasteiger partial charge is 0.348 e. The zero-order valence-corrected chi connectivity index (χ0v) is 14.2. The summed E-state index contributed by atoms with van der Waals surface area (Å²) in [6, 6.07) is 6.39. The van der Waals surface area contributed by atoms with E-state index in [0.717, 1.165) is 13.0 Å². The first-order valence-corrected chi connectivity index (χ1v) is 7.89. The molecule has 0 spiro atoms. The van der Waals surface area contributed by atoms with Gasteiger partial charge in [0.1, 0.15) is 0 Å². The predicted octanol–water partition coefficient (Wildman–Crippen LogP) is 0.315. The molecule has 0 saturated heterocycles. The molecule has 1 heterocycles. The van der Waals surface area contributed by atoms with Crippen molar-refractivity contribution in [2.45, 2.75) is 6.42 Å². The summed E-state index contributed by atoms with van der Waals surface area (Å²) in [6.45, 7) is 1.16. The number of benzene rings is 1. The Kier molecular flexibility index (Phi) is 6.41. The summed E-state index contributed by atoms with van der Waals surface area (Å²) < 4.78 is 1.62. The molecular weight excluding hydrogens is 322 g/mol. The second-order valence-electron chi connectivity index (χ2n) is 5.44. The fourth-order valence-electron chi connectivity index (χ4n) is 2.19. The number of amides is 2. The van der Waals surface area contributed by atoms with Gasteiger partial charge in [-0.1, -0.05) is 12.1 Å². The molecule has 8 nitrogen and oxygen atoms in total. The fraction of sp³-hybridized carbons (Fsp3) is 0.294. The first-order valence-electron chi connectivity index (χ1n) is 7.89. The lowest BCUT2D eigenvalue weighted by Crippen LogP contribution is -2.36. The molecular formula is C17H21N5O3. The zero-order chi connectivity index (χ0) is 18.2. The van der Waals surface area contributed by atoms with Gasteiger partial charge in [-0.3, -0.25) is 14.4 Å². The van der Waals surface area contributed by atoms with Crippen molar-refractivity contribution in [3.63, 3.8) is 0 Å². The molecule has 8 heteroatoms. The van der Waals surface area contributed by atoms with E-state index in [9.17, 15) is 14.4 Å². The van der Waals surface area contributed by atoms with Crippen molar-refractivity contribution < 1.29 is 14.4 Å². The first-order chi connectivity index (χ1) is 12.0. The lowest BCUT2D eigenvalue weighted by molar-refractivity contribution is -0.136. The maximum absolute atomic E-state index is 12.4. The Hall–Kier alpha value is -3.00. The number of hydrogen-bond acceptors (Lipinski definition) is 5. The van der Waals surface area contributed by atoms with Crippen LogP contribution in [0.3, 0.4) is 0 Å². The van der Waals surface area contributed by atoms with Gasteiger partial charge in [0.2, 0.25) is 5.78 Å². The van der Waals surface area contributed by atoms with E-state index in [2.05, 4.69) is 20.9 Å². The van der Waals surface area contributed by atoms with Gasteiger partial charge in [-0.25, -0.2) is 4.98 Å². The summed E-state index contributed by atoms with van der Waals surface area (Å²) >= 11 is 0. The molecule has 0 bridgehead atoms. The Morgan fingerprint density at radius 3 is 2.64 bits per heavy atom. The minimum absolute atomic E-state index is 0.264. The third-order valence-corrected chi connectivity index (χ3v) is 3.50. The molecule has 0 unspecified atom stereocenters. The second-order valence-corrected chi connectivity index (χ2v) is 5.44. The van der Waals surface area contributed by atoms with Crippen LogP contribution in [0.1, 0.15) is 22.6 Å². The van der Waals surface area contributed by atoms with Crippen LogP contribution in [0.5, 0.6) is 0 Å². The molecule has 25 heavy (non-hydrogen) atoms. The third-order valence-electron chi connectivity index (χ3n) is 3.50. The lowest BCUT2D eigenvalue weighted by Gasteiger charge is -2.08. The van der Waals surface area contributed by atoms with Gasteiger partial charge >= 0.3 is 11.8 Å². The number of nitrogens with one attached hydrogen (secondary N) is 3. The summed E-state index contributed by atoms with van der Waals surface area (Å²) in [5.74, 6) is -1.45. The Morgan fingerprint density at radius 1 is 1.16 bits per heavy atom. The van der Waals surface area contributed by atoms with Crippen molar-refractivity contribution in [3.05, 3.63) is 48.0 Å². The molecule has 2 amide bonds. The molecule has 2 rings (SSSR count). The molecule has 2 aromatic rings. The van der Waals surface area contributed by atoms with Crippen LogP contribution >= 0.6 is 0 Å². The number of ketones is 1. The van der Waals surface area contributed by atoms with Gasteiger partial charge in [-0.15, -0.1) is 0 Å². The molecule has 0 aliphatic rings. The number of imidazole rings is 1. The number of carbonyl (C=O) groups is 3. The van der Waals surface area contributed by atoms with Crippen molar-refractivity contribution in [2.75, 3.05) is 25.5 Å². The van der Waals surface area contributed by atoms with Crippen molar-refractivity contribution in [1.82, 2.24) is 20.2 Å². The molecule has 0 radical (unpaired) electrons. The van der Waals surface area contributed by atoms with E-state index in [1.807, 2.05) is 7.05 Å². The number of aromatic nitrogens is 2. The van der Waals surface area contributed by atoms with Crippen LogP contribution < -0.4 is 16.0 Å². The van der Waals surface area contributed by atoms with Crippen LogP contribution in [0.15, 0.2) is 36.7 Å². The van der Waals surface area contributed by atoms with Gasteiger partial charge < -0.3 is 20.5 Å². The molecule has 0 saturated carbocycles. The normalized spacial score (nSPS) is 10.3. The number of rotatable bonds is 7. The van der Waals surface area contributed by atoms with Crippen molar-refractivity contribution >= 4 is 23.3 Å². The smallest absolute Gasteiger partial charge is 0.313 e. The van der Waals surface area contributed by atoms with Gasteiger partial charge in [0, 0.05) is 37.2 Å². The monoisotopic (exact) mass is 343 g/mol. The Morgan fingerprint density at radius 2 is 1.96 bits per heavy atom. The molecule has 0 fully saturated rings. The highest BCUT2D eigenvalue weighted by Gasteiger charge is 2.16. The highest BCUT2D eigenvalue weighted by molar-refractivity contribution is 6.39. The topological polar surface area (TPSA) is 105 Å². The van der Waals surface area contributed by atoms with E-state index in [0.29, 0.717) is 23.6 Å². The Bertz CT molecular complexity index is 769. The Labute approximate surface area is 145 Å². The first kappa shape index (κ1) is 18.3. The van der Waals surface area contributed by atoms with Gasteiger partial charge in [0.05, 0.1) is 0 Å². The molecule has 0 atom stereocenters. The quantitative estimate of drug-likeness (QED) is 0.381. The molecule has 3 N–H and O–H groups in total. The molecule has 0 aliphatic carbocycles. The maximum atomic E-state index is 12.4. The van der Waals surface area contributed by atoms with Crippen LogP contribution in [0.2, 0.25) is 0 Å². The van der Waals surface area contributed by atoms with Crippen LogP contribution in [-0.2, 0) is 16.6 Å². The third kappa shape index (κ3) is 4.98. The van der Waals surface area contributed by atoms with E-state index >= 15 is 0 Å². The number of aryl methyl sites for hydroxylation is 1. The van der Waals surface area contributed by atoms with E-state index < -0.39 is 11.8 Å². The van der Waals surface area contributed by atoms with Gasteiger partial charge in [-0.2, -0.15) is 0 Å². The number of carbonyl (C=O) groups excluding carboxylic acids is 3. The van der Waals surface area contributed by atoms with Crippen LogP contribution in [0.4, 0.5) is 5.69 Å². The number of anilines is 1. The Balaban J connectivity index is 1.99. The average molecular weight is 343 g/mol. The minimum atomic E-state index is -0.772. The summed E-state index contributed by atoms with van der Waals surface area (Å²) in [6.07, 6.45) is 3.94. The highest BCUT2D eigenvalue weighted by Crippen LogP contribution is 2.14. The second kappa shape index (κ2) is 8.74. The minimum Gasteiger partial charge on any atom is -0.348 e. The molecule has 0 aliphatic heterocycles. The summed E-state index contributed by atoms with van der Waals surface area (Å²) in [7, 11) is 3.54. The van der Waals surface area contributed by atoms with E-state index in [-0.39, 0.29) is 5.78 Å². The number of hydrogen-bond donors (Lipinski definition) is 3. The highest BCUT2D eigenvalue weighted by atomic mass is 16.2. The van der Waals surface area contributed by atoms with Gasteiger partial charge in [-0.05, 0) is 32.1 Å².